The molecule has 0 aliphatic carbocycles. The van der Waals surface area contributed by atoms with Gasteiger partial charge in [0.15, 0.2) is 0 Å². The van der Waals surface area contributed by atoms with E-state index < -0.39 is 0 Å². The molecular formula is C26H30N4O2S. The molecule has 0 bridgehead atoms. The van der Waals surface area contributed by atoms with E-state index >= 15 is 0 Å². The Hall–Kier alpha value is -3.03. The van der Waals surface area contributed by atoms with Gasteiger partial charge in [0.25, 0.3) is 0 Å². The number of carbonyl (C=O) groups is 2. The average molecular weight is 463 g/mol. The Morgan fingerprint density at radius 1 is 1.03 bits per heavy atom. The number of aromatic nitrogens is 1. The lowest BCUT2D eigenvalue weighted by atomic mass is 10.0. The number of benzene rings is 2. The third kappa shape index (κ3) is 6.27. The molecule has 0 spiro atoms. The minimum absolute atomic E-state index is 0.0778. The van der Waals surface area contributed by atoms with E-state index in [1.54, 1.807) is 11.3 Å². The van der Waals surface area contributed by atoms with Crippen LogP contribution in [0.25, 0.3) is 10.6 Å². The van der Waals surface area contributed by atoms with E-state index in [-0.39, 0.29) is 24.3 Å². The number of nitrogens with zero attached hydrogens (tertiary/aromatic N) is 3. The molecule has 1 aliphatic heterocycles. The zero-order valence-corrected chi connectivity index (χ0v) is 20.0. The van der Waals surface area contributed by atoms with E-state index in [2.05, 4.69) is 27.7 Å². The smallest absolute Gasteiger partial charge is 0.225 e. The molecule has 0 saturated carbocycles. The van der Waals surface area contributed by atoms with Crippen molar-refractivity contribution >= 4 is 23.2 Å². The quantitative estimate of drug-likeness (QED) is 0.576. The van der Waals surface area contributed by atoms with E-state index in [1.165, 1.54) is 6.92 Å². The second-order valence-electron chi connectivity index (χ2n) is 8.53. The lowest BCUT2D eigenvalue weighted by molar-refractivity contribution is -0.133. The summed E-state index contributed by atoms with van der Waals surface area (Å²) in [5.41, 5.74) is 4.33. The molecule has 4 rings (SSSR count). The summed E-state index contributed by atoms with van der Waals surface area (Å²) in [6.07, 6.45) is 0.273. The number of hydrogen-bond donors (Lipinski definition) is 1. The van der Waals surface area contributed by atoms with Crippen molar-refractivity contribution in [2.24, 2.45) is 0 Å². The average Bonchev–Trinajstić information content (AvgIpc) is 3.28. The summed E-state index contributed by atoms with van der Waals surface area (Å²) in [7, 11) is 0. The molecule has 1 N–H and O–H groups in total. The van der Waals surface area contributed by atoms with Crippen LogP contribution in [0.2, 0.25) is 0 Å². The van der Waals surface area contributed by atoms with Gasteiger partial charge in [-0.3, -0.25) is 14.5 Å². The van der Waals surface area contributed by atoms with Gasteiger partial charge in [0.2, 0.25) is 11.8 Å². The number of thiazole rings is 1. The van der Waals surface area contributed by atoms with Gasteiger partial charge in [0, 0.05) is 50.6 Å². The van der Waals surface area contributed by atoms with Crippen molar-refractivity contribution in [3.8, 4) is 10.6 Å². The van der Waals surface area contributed by atoms with Gasteiger partial charge in [0.05, 0.1) is 18.2 Å². The number of piperazine rings is 1. The minimum Gasteiger partial charge on any atom is -0.349 e. The first-order valence-corrected chi connectivity index (χ1v) is 12.2. The van der Waals surface area contributed by atoms with E-state index in [4.69, 9.17) is 4.98 Å². The van der Waals surface area contributed by atoms with Gasteiger partial charge < -0.3 is 10.2 Å². The molecule has 2 amide bonds. The second kappa shape index (κ2) is 10.7. The van der Waals surface area contributed by atoms with E-state index in [0.717, 1.165) is 47.0 Å². The van der Waals surface area contributed by atoms with Crippen LogP contribution in [0.4, 0.5) is 0 Å². The molecule has 1 aliphatic rings. The van der Waals surface area contributed by atoms with Crippen molar-refractivity contribution in [1.82, 2.24) is 20.1 Å². The SMILES string of the molecule is CC(=O)NC(CC(=O)N1CCN(Cc2csc(-c3ccccc3)n2)CC1)c1ccc(C)cc1. The molecule has 2 heterocycles. The molecule has 7 heteroatoms. The third-order valence-electron chi connectivity index (χ3n) is 5.92. The molecule has 1 fully saturated rings. The maximum atomic E-state index is 13.0. The Morgan fingerprint density at radius 2 is 1.73 bits per heavy atom. The summed E-state index contributed by atoms with van der Waals surface area (Å²) < 4.78 is 0. The maximum absolute atomic E-state index is 13.0. The normalized spacial score (nSPS) is 15.3. The summed E-state index contributed by atoms with van der Waals surface area (Å²) in [4.78, 5) is 33.8. The monoisotopic (exact) mass is 462 g/mol. The fourth-order valence-corrected chi connectivity index (χ4v) is 4.89. The lowest BCUT2D eigenvalue weighted by Gasteiger charge is -2.35. The highest BCUT2D eigenvalue weighted by Crippen LogP contribution is 2.24. The van der Waals surface area contributed by atoms with Crippen molar-refractivity contribution in [3.05, 3.63) is 76.8 Å². The molecule has 1 atom stereocenters. The van der Waals surface area contributed by atoms with Gasteiger partial charge in [-0.05, 0) is 12.5 Å². The molecule has 1 unspecified atom stereocenters. The van der Waals surface area contributed by atoms with Gasteiger partial charge in [0.1, 0.15) is 5.01 Å². The zero-order valence-electron chi connectivity index (χ0n) is 19.2. The molecule has 172 valence electrons. The largest absolute Gasteiger partial charge is 0.349 e. The highest BCUT2D eigenvalue weighted by atomic mass is 32.1. The van der Waals surface area contributed by atoms with Gasteiger partial charge in [-0.2, -0.15) is 0 Å². The summed E-state index contributed by atoms with van der Waals surface area (Å²) in [6, 6.07) is 17.9. The highest BCUT2D eigenvalue weighted by Gasteiger charge is 2.25. The van der Waals surface area contributed by atoms with Crippen LogP contribution in [-0.2, 0) is 16.1 Å². The standard InChI is InChI=1S/C26H30N4O2S/c1-19-8-10-21(11-9-19)24(27-20(2)31)16-25(32)30-14-12-29(13-15-30)17-23-18-33-26(28-23)22-6-4-3-5-7-22/h3-11,18,24H,12-17H2,1-2H3,(H,27,31). The molecule has 6 nitrogen and oxygen atoms in total. The van der Waals surface area contributed by atoms with Crippen molar-refractivity contribution in [3.63, 3.8) is 0 Å². The Balaban J connectivity index is 1.30. The van der Waals surface area contributed by atoms with Crippen LogP contribution in [0.15, 0.2) is 60.0 Å². The first-order valence-electron chi connectivity index (χ1n) is 11.3. The van der Waals surface area contributed by atoms with Crippen LogP contribution in [0, 0.1) is 6.92 Å². The number of nitrogens with one attached hydrogen (secondary N) is 1. The Bertz CT molecular complexity index is 1070. The van der Waals surface area contributed by atoms with Crippen molar-refractivity contribution in [2.45, 2.75) is 32.9 Å². The minimum atomic E-state index is -0.306. The Labute approximate surface area is 199 Å². The van der Waals surface area contributed by atoms with Crippen LogP contribution in [0.5, 0.6) is 0 Å². The van der Waals surface area contributed by atoms with E-state index in [0.29, 0.717) is 13.1 Å². The molecule has 33 heavy (non-hydrogen) atoms. The van der Waals surface area contributed by atoms with Crippen molar-refractivity contribution in [2.75, 3.05) is 26.2 Å². The third-order valence-corrected chi connectivity index (χ3v) is 6.86. The molecular weight excluding hydrogens is 432 g/mol. The topological polar surface area (TPSA) is 65.5 Å². The van der Waals surface area contributed by atoms with E-state index in [1.807, 2.05) is 54.3 Å². The Kier molecular flexibility index (Phi) is 7.52. The van der Waals surface area contributed by atoms with Crippen LogP contribution < -0.4 is 5.32 Å². The first-order chi connectivity index (χ1) is 16.0. The van der Waals surface area contributed by atoms with Crippen molar-refractivity contribution in [1.29, 1.82) is 0 Å². The fourth-order valence-electron chi connectivity index (χ4n) is 4.08. The van der Waals surface area contributed by atoms with Gasteiger partial charge in [-0.1, -0.05) is 60.2 Å². The predicted octanol–water partition coefficient (Wildman–Crippen LogP) is 4.03. The lowest BCUT2D eigenvalue weighted by Crippen LogP contribution is -2.49. The van der Waals surface area contributed by atoms with Gasteiger partial charge >= 0.3 is 0 Å². The molecule has 2 aromatic carbocycles. The van der Waals surface area contributed by atoms with E-state index in [9.17, 15) is 9.59 Å². The first kappa shape index (κ1) is 23.1. The maximum Gasteiger partial charge on any atom is 0.225 e. The molecule has 1 saturated heterocycles. The van der Waals surface area contributed by atoms with Crippen molar-refractivity contribution < 1.29 is 9.59 Å². The van der Waals surface area contributed by atoms with Crippen LogP contribution in [0.3, 0.4) is 0 Å². The van der Waals surface area contributed by atoms with Crippen LogP contribution >= 0.6 is 11.3 Å². The van der Waals surface area contributed by atoms with Crippen LogP contribution in [-0.4, -0.2) is 52.8 Å². The summed E-state index contributed by atoms with van der Waals surface area (Å²) in [5.74, 6) is -0.0506. The molecule has 1 aromatic heterocycles. The number of hydrogen-bond acceptors (Lipinski definition) is 5. The van der Waals surface area contributed by atoms with Crippen LogP contribution in [0.1, 0.15) is 36.2 Å². The molecule has 0 radical (unpaired) electrons. The summed E-state index contributed by atoms with van der Waals surface area (Å²) >= 11 is 1.67. The number of amides is 2. The fraction of sp³-hybridized carbons (Fsp3) is 0.346. The van der Waals surface area contributed by atoms with Gasteiger partial charge in [-0.15, -0.1) is 11.3 Å². The van der Waals surface area contributed by atoms with Gasteiger partial charge in [-0.25, -0.2) is 4.98 Å². The predicted molar refractivity (Wildman–Crippen MR) is 132 cm³/mol. The summed E-state index contributed by atoms with van der Waals surface area (Å²) in [5, 5.41) is 6.10. The Morgan fingerprint density at radius 3 is 2.39 bits per heavy atom. The number of aryl methyl sites for hydroxylation is 1. The second-order valence-corrected chi connectivity index (χ2v) is 9.39. The highest BCUT2D eigenvalue weighted by molar-refractivity contribution is 7.13. The molecule has 3 aromatic rings. The number of carbonyl (C=O) groups excluding carboxylic acids is 2. The zero-order chi connectivity index (χ0) is 23.2. The summed E-state index contributed by atoms with van der Waals surface area (Å²) in [6.45, 7) is 7.33. The number of rotatable bonds is 7.